The fourth-order valence-electron chi connectivity index (χ4n) is 1.26. The van der Waals surface area contributed by atoms with Gasteiger partial charge in [-0.05, 0) is 24.6 Å². The number of aromatic nitrogens is 2. The number of nitrogens with one attached hydrogen (secondary N) is 1. The molecule has 1 heterocycles. The standard InChI is InChI=1S/C10H9F2N3O/c1-6-14-10(16-15-6)13-5-7-2-8(11)4-9(12)3-7/h2-4H,5H2,1H3,(H,13,14,15). The zero-order valence-corrected chi connectivity index (χ0v) is 8.50. The Morgan fingerprint density at radius 3 is 2.50 bits per heavy atom. The summed E-state index contributed by atoms with van der Waals surface area (Å²) in [6.45, 7) is 1.90. The van der Waals surface area contributed by atoms with Gasteiger partial charge in [0.1, 0.15) is 11.6 Å². The molecular weight excluding hydrogens is 216 g/mol. The van der Waals surface area contributed by atoms with E-state index < -0.39 is 11.6 Å². The quantitative estimate of drug-likeness (QED) is 0.870. The molecule has 84 valence electrons. The summed E-state index contributed by atoms with van der Waals surface area (Å²) < 4.78 is 30.5. The maximum Gasteiger partial charge on any atom is 0.321 e. The van der Waals surface area contributed by atoms with Gasteiger partial charge in [-0.25, -0.2) is 8.78 Å². The first-order valence-corrected chi connectivity index (χ1v) is 4.62. The van der Waals surface area contributed by atoms with E-state index in [1.54, 1.807) is 6.92 Å². The summed E-state index contributed by atoms with van der Waals surface area (Å²) in [6.07, 6.45) is 0. The molecular formula is C10H9F2N3O. The fourth-order valence-corrected chi connectivity index (χ4v) is 1.26. The van der Waals surface area contributed by atoms with Gasteiger partial charge >= 0.3 is 6.01 Å². The van der Waals surface area contributed by atoms with Crippen LogP contribution in [0.3, 0.4) is 0 Å². The number of aryl methyl sites for hydroxylation is 1. The molecule has 1 aromatic heterocycles. The van der Waals surface area contributed by atoms with Gasteiger partial charge in [0.2, 0.25) is 0 Å². The van der Waals surface area contributed by atoms with E-state index in [1.165, 1.54) is 12.1 Å². The molecule has 4 nitrogen and oxygen atoms in total. The lowest BCUT2D eigenvalue weighted by Crippen LogP contribution is -2.00. The molecule has 0 fully saturated rings. The van der Waals surface area contributed by atoms with Crippen LogP contribution in [0.15, 0.2) is 22.7 Å². The lowest BCUT2D eigenvalue weighted by Gasteiger charge is -2.01. The van der Waals surface area contributed by atoms with E-state index in [4.69, 9.17) is 4.52 Å². The van der Waals surface area contributed by atoms with Crippen LogP contribution in [0, 0.1) is 18.6 Å². The minimum Gasteiger partial charge on any atom is -0.334 e. The molecule has 0 unspecified atom stereocenters. The second kappa shape index (κ2) is 4.26. The lowest BCUT2D eigenvalue weighted by molar-refractivity contribution is 0.425. The van der Waals surface area contributed by atoms with Crippen LogP contribution in [0.4, 0.5) is 14.8 Å². The van der Waals surface area contributed by atoms with Crippen molar-refractivity contribution in [3.05, 3.63) is 41.2 Å². The molecule has 0 spiro atoms. The van der Waals surface area contributed by atoms with Gasteiger partial charge < -0.3 is 9.84 Å². The molecule has 0 saturated heterocycles. The van der Waals surface area contributed by atoms with E-state index >= 15 is 0 Å². The van der Waals surface area contributed by atoms with Crippen LogP contribution in [0.2, 0.25) is 0 Å². The average Bonchev–Trinajstić information content (AvgIpc) is 2.60. The van der Waals surface area contributed by atoms with Crippen LogP contribution in [-0.2, 0) is 6.54 Å². The summed E-state index contributed by atoms with van der Waals surface area (Å²) in [4.78, 5) is 3.89. The highest BCUT2D eigenvalue weighted by atomic mass is 19.1. The van der Waals surface area contributed by atoms with Crippen molar-refractivity contribution in [2.75, 3.05) is 5.32 Å². The number of nitrogens with zero attached hydrogens (tertiary/aromatic N) is 2. The van der Waals surface area contributed by atoms with E-state index in [9.17, 15) is 8.78 Å². The third-order valence-electron chi connectivity index (χ3n) is 1.89. The molecule has 1 aromatic carbocycles. The largest absolute Gasteiger partial charge is 0.334 e. The first-order chi connectivity index (χ1) is 7.63. The first-order valence-electron chi connectivity index (χ1n) is 4.62. The van der Waals surface area contributed by atoms with Crippen molar-refractivity contribution >= 4 is 6.01 Å². The zero-order chi connectivity index (χ0) is 11.5. The lowest BCUT2D eigenvalue weighted by atomic mass is 10.2. The second-order valence-corrected chi connectivity index (χ2v) is 3.28. The van der Waals surface area contributed by atoms with Gasteiger partial charge in [-0.1, -0.05) is 5.16 Å². The molecule has 1 N–H and O–H groups in total. The molecule has 0 aliphatic rings. The Labute approximate surface area is 90.3 Å². The third kappa shape index (κ3) is 2.53. The Morgan fingerprint density at radius 2 is 1.94 bits per heavy atom. The normalized spacial score (nSPS) is 10.4. The molecule has 0 bridgehead atoms. The predicted molar refractivity (Wildman–Crippen MR) is 52.7 cm³/mol. The maximum atomic E-state index is 12.8. The van der Waals surface area contributed by atoms with E-state index in [1.807, 2.05) is 0 Å². The summed E-state index contributed by atoms with van der Waals surface area (Å²) in [5.74, 6) is -0.732. The predicted octanol–water partition coefficient (Wildman–Crippen LogP) is 2.27. The Kier molecular flexibility index (Phi) is 2.80. The molecule has 0 atom stereocenters. The molecule has 2 rings (SSSR count). The van der Waals surface area contributed by atoms with Crippen LogP contribution in [-0.4, -0.2) is 10.1 Å². The molecule has 16 heavy (non-hydrogen) atoms. The van der Waals surface area contributed by atoms with Gasteiger partial charge in [-0.3, -0.25) is 0 Å². The topological polar surface area (TPSA) is 51.0 Å². The number of hydrogen-bond acceptors (Lipinski definition) is 4. The smallest absolute Gasteiger partial charge is 0.321 e. The van der Waals surface area contributed by atoms with Crippen LogP contribution in [0.25, 0.3) is 0 Å². The van der Waals surface area contributed by atoms with Gasteiger partial charge in [0.15, 0.2) is 5.82 Å². The molecule has 0 amide bonds. The van der Waals surface area contributed by atoms with Crippen LogP contribution >= 0.6 is 0 Å². The average molecular weight is 225 g/mol. The highest BCUT2D eigenvalue weighted by Crippen LogP contribution is 2.10. The minimum absolute atomic E-state index is 0.219. The van der Waals surface area contributed by atoms with Gasteiger partial charge in [-0.2, -0.15) is 4.98 Å². The Balaban J connectivity index is 2.04. The van der Waals surface area contributed by atoms with Crippen molar-refractivity contribution in [3.63, 3.8) is 0 Å². The molecule has 6 heteroatoms. The summed E-state index contributed by atoms with van der Waals surface area (Å²) in [5.41, 5.74) is 0.466. The highest BCUT2D eigenvalue weighted by molar-refractivity contribution is 5.25. The van der Waals surface area contributed by atoms with Crippen molar-refractivity contribution in [1.29, 1.82) is 0 Å². The van der Waals surface area contributed by atoms with Crippen molar-refractivity contribution in [1.82, 2.24) is 10.1 Å². The fraction of sp³-hybridized carbons (Fsp3) is 0.200. The number of anilines is 1. The van der Waals surface area contributed by atoms with Gasteiger partial charge in [-0.15, -0.1) is 0 Å². The van der Waals surface area contributed by atoms with E-state index in [-0.39, 0.29) is 12.6 Å². The number of benzene rings is 1. The third-order valence-corrected chi connectivity index (χ3v) is 1.89. The Morgan fingerprint density at radius 1 is 1.25 bits per heavy atom. The minimum atomic E-state index is -0.612. The highest BCUT2D eigenvalue weighted by Gasteiger charge is 2.03. The monoisotopic (exact) mass is 225 g/mol. The van der Waals surface area contributed by atoms with Gasteiger partial charge in [0.05, 0.1) is 0 Å². The van der Waals surface area contributed by atoms with Gasteiger partial charge in [0, 0.05) is 12.6 Å². The van der Waals surface area contributed by atoms with Crippen molar-refractivity contribution in [3.8, 4) is 0 Å². The number of halogens is 2. The van der Waals surface area contributed by atoms with Crippen LogP contribution < -0.4 is 5.32 Å². The molecule has 0 aliphatic heterocycles. The number of hydrogen-bond donors (Lipinski definition) is 1. The summed E-state index contributed by atoms with van der Waals surface area (Å²) in [7, 11) is 0. The maximum absolute atomic E-state index is 12.8. The Hall–Kier alpha value is -1.98. The van der Waals surface area contributed by atoms with Gasteiger partial charge in [0.25, 0.3) is 0 Å². The van der Waals surface area contributed by atoms with E-state index in [0.29, 0.717) is 11.4 Å². The molecule has 0 radical (unpaired) electrons. The number of rotatable bonds is 3. The van der Waals surface area contributed by atoms with E-state index in [0.717, 1.165) is 6.07 Å². The first kappa shape index (κ1) is 10.5. The molecule has 0 saturated carbocycles. The van der Waals surface area contributed by atoms with Crippen molar-refractivity contribution < 1.29 is 13.3 Å². The Bertz CT molecular complexity index is 478. The van der Waals surface area contributed by atoms with Crippen molar-refractivity contribution in [2.24, 2.45) is 0 Å². The second-order valence-electron chi connectivity index (χ2n) is 3.28. The molecule has 0 aliphatic carbocycles. The van der Waals surface area contributed by atoms with E-state index in [2.05, 4.69) is 15.5 Å². The SMILES string of the molecule is Cc1noc(NCc2cc(F)cc(F)c2)n1. The van der Waals surface area contributed by atoms with Crippen molar-refractivity contribution in [2.45, 2.75) is 13.5 Å². The summed E-state index contributed by atoms with van der Waals surface area (Å²) in [6, 6.07) is 3.51. The summed E-state index contributed by atoms with van der Waals surface area (Å²) >= 11 is 0. The van der Waals surface area contributed by atoms with Crippen LogP contribution in [0.1, 0.15) is 11.4 Å². The summed E-state index contributed by atoms with van der Waals surface area (Å²) in [5, 5.41) is 6.33. The molecule has 2 aromatic rings. The zero-order valence-electron chi connectivity index (χ0n) is 8.50. The van der Waals surface area contributed by atoms with Crippen LogP contribution in [0.5, 0.6) is 0 Å².